The summed E-state index contributed by atoms with van der Waals surface area (Å²) in [4.78, 5) is 11.3. The zero-order chi connectivity index (χ0) is 19.9. The van der Waals surface area contributed by atoms with E-state index in [2.05, 4.69) is 0 Å². The van der Waals surface area contributed by atoms with Gasteiger partial charge in [-0.05, 0) is 11.1 Å². The van der Waals surface area contributed by atoms with Crippen molar-refractivity contribution in [2.75, 3.05) is 39.6 Å². The van der Waals surface area contributed by atoms with Gasteiger partial charge in [-0.15, -0.1) is 0 Å². The normalized spacial score (nSPS) is 12.0. The predicted molar refractivity (Wildman–Crippen MR) is 105 cm³/mol. The van der Waals surface area contributed by atoms with Crippen molar-refractivity contribution in [3.63, 3.8) is 0 Å². The Morgan fingerprint density at radius 3 is 1.79 bits per heavy atom. The maximum Gasteiger partial charge on any atom is 0.333 e. The molecule has 0 fully saturated rings. The number of hydrogen-bond acceptors (Lipinski definition) is 5. The third-order valence-electron chi connectivity index (χ3n) is 3.94. The van der Waals surface area contributed by atoms with E-state index in [1.54, 1.807) is 0 Å². The maximum absolute atomic E-state index is 11.3. The second kappa shape index (κ2) is 13.8. The van der Waals surface area contributed by atoms with Crippen molar-refractivity contribution in [1.29, 1.82) is 0 Å². The van der Waals surface area contributed by atoms with Crippen LogP contribution in [0.5, 0.6) is 0 Å². The van der Waals surface area contributed by atoms with E-state index in [-0.39, 0.29) is 6.61 Å². The van der Waals surface area contributed by atoms with E-state index in [1.165, 1.54) is 0 Å². The fraction of sp³-hybridized carbons (Fsp3) is 0.409. The molecule has 0 radical (unpaired) electrons. The molecule has 1 atom stereocenters. The monoisotopic (exact) mass is 388 g/mol. The van der Waals surface area contributed by atoms with E-state index in [4.69, 9.17) is 18.9 Å². The molecule has 2 rings (SSSR count). The first-order valence-electron chi connectivity index (χ1n) is 9.41. The maximum atomic E-state index is 11.3. The van der Waals surface area contributed by atoms with Gasteiger partial charge in [-0.2, -0.15) is 0 Å². The Labute approximate surface area is 166 Å². The fourth-order valence-electron chi connectivity index (χ4n) is 2.50. The van der Waals surface area contributed by atoms with Crippen molar-refractivity contribution in [1.82, 2.24) is 0 Å². The van der Waals surface area contributed by atoms with Crippen molar-refractivity contribution < 1.29 is 28.8 Å². The van der Waals surface area contributed by atoms with Crippen LogP contribution in [0.15, 0.2) is 60.7 Å². The summed E-state index contributed by atoms with van der Waals surface area (Å²) in [6.45, 7) is 3.05. The average molecular weight is 388 g/mol. The van der Waals surface area contributed by atoms with Crippen LogP contribution in [0.2, 0.25) is 0 Å². The third kappa shape index (κ3) is 9.62. The summed E-state index contributed by atoms with van der Waals surface area (Å²) in [5.41, 5.74) is 2.07. The number of hydrogen-bond donors (Lipinski definition) is 1. The van der Waals surface area contributed by atoms with Gasteiger partial charge in [-0.3, -0.25) is 0 Å². The van der Waals surface area contributed by atoms with Crippen molar-refractivity contribution >= 4 is 5.97 Å². The summed E-state index contributed by atoms with van der Waals surface area (Å²) in [5.74, 6) is -0.970. The molecule has 0 aliphatic carbocycles. The number of carbonyl (C=O) groups is 1. The van der Waals surface area contributed by atoms with Crippen LogP contribution in [0.3, 0.4) is 0 Å². The first kappa shape index (κ1) is 22.0. The molecule has 1 unspecified atom stereocenters. The van der Waals surface area contributed by atoms with Crippen LogP contribution in [0, 0.1) is 0 Å². The third-order valence-corrected chi connectivity index (χ3v) is 3.94. The Morgan fingerprint density at radius 1 is 0.714 bits per heavy atom. The van der Waals surface area contributed by atoms with Crippen LogP contribution < -0.4 is 0 Å². The van der Waals surface area contributed by atoms with Gasteiger partial charge in [-0.25, -0.2) is 4.79 Å². The lowest BCUT2D eigenvalue weighted by Crippen LogP contribution is -2.28. The zero-order valence-electron chi connectivity index (χ0n) is 16.0. The summed E-state index contributed by atoms with van der Waals surface area (Å²) in [6.07, 6.45) is -0.536. The van der Waals surface area contributed by atoms with Gasteiger partial charge >= 0.3 is 5.97 Å². The van der Waals surface area contributed by atoms with Crippen LogP contribution in [-0.4, -0.2) is 56.8 Å². The van der Waals surface area contributed by atoms with Crippen molar-refractivity contribution in [3.05, 3.63) is 71.8 Å². The minimum atomic E-state index is -0.970. The lowest BCUT2D eigenvalue weighted by Gasteiger charge is -2.14. The van der Waals surface area contributed by atoms with Crippen molar-refractivity contribution in [3.8, 4) is 0 Å². The molecule has 0 aliphatic heterocycles. The van der Waals surface area contributed by atoms with Gasteiger partial charge in [0.15, 0.2) is 6.10 Å². The largest absolute Gasteiger partial charge is 0.479 e. The van der Waals surface area contributed by atoms with Crippen molar-refractivity contribution in [2.24, 2.45) is 0 Å². The molecule has 0 bridgehead atoms. The average Bonchev–Trinajstić information content (AvgIpc) is 2.72. The molecule has 6 nitrogen and oxygen atoms in total. The van der Waals surface area contributed by atoms with Crippen LogP contribution in [-0.2, 0) is 36.8 Å². The van der Waals surface area contributed by atoms with E-state index >= 15 is 0 Å². The van der Waals surface area contributed by atoms with Crippen LogP contribution >= 0.6 is 0 Å². The molecule has 1 N–H and O–H groups in total. The highest BCUT2D eigenvalue weighted by Gasteiger charge is 2.18. The van der Waals surface area contributed by atoms with Gasteiger partial charge in [0.2, 0.25) is 0 Å². The van der Waals surface area contributed by atoms with Gasteiger partial charge in [0.1, 0.15) is 0 Å². The summed E-state index contributed by atoms with van der Waals surface area (Å²) in [6, 6.07) is 19.4. The molecule has 2 aromatic carbocycles. The van der Waals surface area contributed by atoms with Gasteiger partial charge < -0.3 is 24.1 Å². The number of carboxylic acid groups (broad SMARTS) is 1. The molecule has 6 heteroatoms. The SMILES string of the molecule is O=C(O)C(Cc1ccccc1)OCCOCCOCCOCc1ccccc1. The lowest BCUT2D eigenvalue weighted by atomic mass is 10.1. The molecule has 0 saturated heterocycles. The quantitative estimate of drug-likeness (QED) is 0.473. The minimum absolute atomic E-state index is 0.226. The molecule has 0 aromatic heterocycles. The Balaban J connectivity index is 1.43. The molecule has 152 valence electrons. The molecule has 0 spiro atoms. The first-order valence-corrected chi connectivity index (χ1v) is 9.41. The van der Waals surface area contributed by atoms with E-state index < -0.39 is 12.1 Å². The Bertz CT molecular complexity index is 647. The Hall–Kier alpha value is -2.25. The second-order valence-corrected chi connectivity index (χ2v) is 6.15. The van der Waals surface area contributed by atoms with Gasteiger partial charge in [-0.1, -0.05) is 60.7 Å². The molecule has 0 saturated carbocycles. The first-order chi connectivity index (χ1) is 13.8. The summed E-state index contributed by atoms with van der Waals surface area (Å²) in [7, 11) is 0. The number of benzene rings is 2. The highest BCUT2D eigenvalue weighted by atomic mass is 16.6. The van der Waals surface area contributed by atoms with E-state index in [9.17, 15) is 9.90 Å². The highest BCUT2D eigenvalue weighted by Crippen LogP contribution is 2.06. The molecule has 28 heavy (non-hydrogen) atoms. The molecular formula is C22H28O6. The fourth-order valence-corrected chi connectivity index (χ4v) is 2.50. The van der Waals surface area contributed by atoms with Gasteiger partial charge in [0, 0.05) is 6.42 Å². The minimum Gasteiger partial charge on any atom is -0.479 e. The number of aliphatic carboxylic acids is 1. The lowest BCUT2D eigenvalue weighted by molar-refractivity contribution is -0.151. The molecule has 0 heterocycles. The van der Waals surface area contributed by atoms with Gasteiger partial charge in [0.25, 0.3) is 0 Å². The van der Waals surface area contributed by atoms with Crippen LogP contribution in [0.1, 0.15) is 11.1 Å². The standard InChI is InChI=1S/C22H28O6/c23-22(24)21(17-19-7-3-1-4-8-19)28-16-15-26-12-11-25-13-14-27-18-20-9-5-2-6-10-20/h1-10,21H,11-18H2,(H,23,24). The van der Waals surface area contributed by atoms with Crippen LogP contribution in [0.4, 0.5) is 0 Å². The van der Waals surface area contributed by atoms with Crippen LogP contribution in [0.25, 0.3) is 0 Å². The number of ether oxygens (including phenoxy) is 4. The summed E-state index contributed by atoms with van der Waals surface area (Å²) >= 11 is 0. The number of carboxylic acids is 1. The molecule has 0 amide bonds. The van der Waals surface area contributed by atoms with Crippen molar-refractivity contribution in [2.45, 2.75) is 19.1 Å². The molecule has 0 aliphatic rings. The Morgan fingerprint density at radius 2 is 1.21 bits per heavy atom. The predicted octanol–water partition coefficient (Wildman–Crippen LogP) is 2.95. The zero-order valence-corrected chi connectivity index (χ0v) is 16.0. The topological polar surface area (TPSA) is 74.2 Å². The highest BCUT2D eigenvalue weighted by molar-refractivity contribution is 5.72. The second-order valence-electron chi connectivity index (χ2n) is 6.15. The summed E-state index contributed by atoms with van der Waals surface area (Å²) in [5, 5.41) is 9.25. The smallest absolute Gasteiger partial charge is 0.333 e. The van der Waals surface area contributed by atoms with Gasteiger partial charge in [0.05, 0.1) is 46.2 Å². The summed E-state index contributed by atoms with van der Waals surface area (Å²) < 4.78 is 21.8. The van der Waals surface area contributed by atoms with E-state index in [0.717, 1.165) is 11.1 Å². The van der Waals surface area contributed by atoms with E-state index in [1.807, 2.05) is 60.7 Å². The number of rotatable bonds is 15. The Kier molecular flexibility index (Phi) is 10.9. The van der Waals surface area contributed by atoms with E-state index in [0.29, 0.717) is 46.1 Å². The molecule has 2 aromatic rings. The molecular weight excluding hydrogens is 360 g/mol.